The molecule has 1 aromatic carbocycles. The molecule has 0 aliphatic carbocycles. The van der Waals surface area contributed by atoms with Gasteiger partial charge in [-0.15, -0.1) is 22.7 Å². The third-order valence-electron chi connectivity index (χ3n) is 4.48. The predicted octanol–water partition coefficient (Wildman–Crippen LogP) is 5.29. The summed E-state index contributed by atoms with van der Waals surface area (Å²) >= 11 is 3.13. The topological polar surface area (TPSA) is 54.6 Å². The maximum Gasteiger partial charge on any atom is 0.308 e. The Morgan fingerprint density at radius 2 is 2.00 bits per heavy atom. The van der Waals surface area contributed by atoms with Crippen molar-refractivity contribution in [1.29, 1.82) is 0 Å². The zero-order valence-corrected chi connectivity index (χ0v) is 16.2. The van der Waals surface area contributed by atoms with E-state index in [2.05, 4.69) is 48.6 Å². The molecule has 0 saturated heterocycles. The van der Waals surface area contributed by atoms with Crippen LogP contribution in [0.15, 0.2) is 41.8 Å². The molecule has 0 bridgehead atoms. The Morgan fingerprint density at radius 1 is 1.23 bits per heavy atom. The molecule has 0 saturated carbocycles. The molecular weight excluding hydrogens is 364 g/mol. The molecule has 6 heteroatoms. The normalized spacial score (nSPS) is 11.3. The number of fused-ring (bicyclic) bond motifs is 1. The molecule has 0 atom stereocenters. The zero-order chi connectivity index (χ0) is 18.3. The molecule has 0 amide bonds. The highest BCUT2D eigenvalue weighted by molar-refractivity contribution is 7.17. The van der Waals surface area contributed by atoms with Crippen LogP contribution in [0.25, 0.3) is 26.8 Å². The van der Waals surface area contributed by atoms with Crippen LogP contribution in [0.5, 0.6) is 0 Å². The maximum atomic E-state index is 11.4. The fraction of sp³-hybridized carbons (Fsp3) is 0.200. The third kappa shape index (κ3) is 2.85. The van der Waals surface area contributed by atoms with Gasteiger partial charge >= 0.3 is 5.97 Å². The van der Waals surface area contributed by atoms with E-state index in [0.29, 0.717) is 0 Å². The van der Waals surface area contributed by atoms with Gasteiger partial charge in [0.05, 0.1) is 17.0 Å². The molecule has 0 spiro atoms. The minimum atomic E-state index is -0.822. The Morgan fingerprint density at radius 3 is 2.62 bits per heavy atom. The second-order valence-corrected chi connectivity index (χ2v) is 8.15. The summed E-state index contributed by atoms with van der Waals surface area (Å²) in [6, 6.07) is 12.5. The first-order chi connectivity index (χ1) is 12.6. The molecule has 3 heterocycles. The Bertz CT molecular complexity index is 1070. The molecule has 0 unspecified atom stereocenters. The first-order valence-corrected chi connectivity index (χ1v) is 10.1. The average molecular weight is 383 g/mol. The smallest absolute Gasteiger partial charge is 0.308 e. The van der Waals surface area contributed by atoms with Crippen molar-refractivity contribution in [2.45, 2.75) is 26.7 Å². The second kappa shape index (κ2) is 6.70. The highest BCUT2D eigenvalue weighted by Gasteiger charge is 2.22. The molecule has 1 N–H and O–H groups in total. The summed E-state index contributed by atoms with van der Waals surface area (Å²) in [6.45, 7) is 4.18. The van der Waals surface area contributed by atoms with E-state index < -0.39 is 5.97 Å². The van der Waals surface area contributed by atoms with Gasteiger partial charge in [0.15, 0.2) is 4.96 Å². The Hall–Kier alpha value is -2.44. The number of benzene rings is 1. The molecule has 4 rings (SSSR count). The van der Waals surface area contributed by atoms with Gasteiger partial charge in [0.1, 0.15) is 5.69 Å². The van der Waals surface area contributed by atoms with Crippen molar-refractivity contribution < 1.29 is 9.90 Å². The number of aromatic nitrogens is 2. The number of nitrogens with zero attached hydrogens (tertiary/aromatic N) is 2. The van der Waals surface area contributed by atoms with Crippen molar-refractivity contribution in [3.63, 3.8) is 0 Å². The Balaban J connectivity index is 1.95. The number of imidazole rings is 1. The standard InChI is InChI=1S/C20H18N2O2S2/c1-3-13-6-8-14(9-7-13)19-16(11-17(23)24)26-20-21-18(12(2)22(19)20)15-5-4-10-25-15/h4-10H,3,11H2,1-2H3,(H,23,24). The molecule has 132 valence electrons. The minimum absolute atomic E-state index is 0.00661. The summed E-state index contributed by atoms with van der Waals surface area (Å²) in [5.41, 5.74) is 5.26. The lowest BCUT2D eigenvalue weighted by Gasteiger charge is -2.07. The number of carboxylic acid groups (broad SMARTS) is 1. The van der Waals surface area contributed by atoms with E-state index in [1.807, 2.05) is 11.4 Å². The average Bonchev–Trinajstić information content (AvgIpc) is 3.32. The molecule has 0 aliphatic rings. The van der Waals surface area contributed by atoms with E-state index in [1.54, 1.807) is 11.3 Å². The van der Waals surface area contributed by atoms with E-state index in [4.69, 9.17) is 4.98 Å². The molecular formula is C20H18N2O2S2. The summed E-state index contributed by atoms with van der Waals surface area (Å²) in [7, 11) is 0. The lowest BCUT2D eigenvalue weighted by molar-refractivity contribution is -0.136. The van der Waals surface area contributed by atoms with Gasteiger partial charge in [0, 0.05) is 10.6 Å². The van der Waals surface area contributed by atoms with Gasteiger partial charge in [0.25, 0.3) is 0 Å². The van der Waals surface area contributed by atoms with E-state index in [-0.39, 0.29) is 6.42 Å². The van der Waals surface area contributed by atoms with Gasteiger partial charge in [0.2, 0.25) is 0 Å². The van der Waals surface area contributed by atoms with Crippen LogP contribution < -0.4 is 0 Å². The van der Waals surface area contributed by atoms with Crippen LogP contribution in [-0.2, 0) is 17.6 Å². The van der Waals surface area contributed by atoms with E-state index in [9.17, 15) is 9.90 Å². The van der Waals surface area contributed by atoms with Crippen molar-refractivity contribution >= 4 is 33.6 Å². The van der Waals surface area contributed by atoms with E-state index in [1.165, 1.54) is 16.9 Å². The van der Waals surface area contributed by atoms with Crippen LogP contribution in [0.2, 0.25) is 0 Å². The van der Waals surface area contributed by atoms with Crippen LogP contribution in [-0.4, -0.2) is 20.5 Å². The van der Waals surface area contributed by atoms with E-state index in [0.717, 1.165) is 43.8 Å². The van der Waals surface area contributed by atoms with Crippen LogP contribution in [0.4, 0.5) is 0 Å². The number of aliphatic carboxylic acids is 1. The lowest BCUT2D eigenvalue weighted by atomic mass is 10.1. The number of hydrogen-bond donors (Lipinski definition) is 1. The summed E-state index contributed by atoms with van der Waals surface area (Å²) in [6.07, 6.45) is 0.987. The van der Waals surface area contributed by atoms with Gasteiger partial charge in [-0.25, -0.2) is 4.98 Å². The third-order valence-corrected chi connectivity index (χ3v) is 6.40. The molecule has 4 aromatic rings. The molecule has 0 aliphatic heterocycles. The summed E-state index contributed by atoms with van der Waals surface area (Å²) in [4.78, 5) is 19.0. The second-order valence-electron chi connectivity index (χ2n) is 6.14. The van der Waals surface area contributed by atoms with Crippen LogP contribution in [0, 0.1) is 6.92 Å². The molecule has 3 aromatic heterocycles. The van der Waals surface area contributed by atoms with Gasteiger partial charge in [-0.3, -0.25) is 9.20 Å². The van der Waals surface area contributed by atoms with Crippen molar-refractivity contribution in [2.75, 3.05) is 0 Å². The van der Waals surface area contributed by atoms with Crippen LogP contribution in [0.3, 0.4) is 0 Å². The minimum Gasteiger partial charge on any atom is -0.481 e. The number of rotatable bonds is 5. The van der Waals surface area contributed by atoms with Crippen LogP contribution >= 0.6 is 22.7 Å². The Labute approximate surface area is 159 Å². The van der Waals surface area contributed by atoms with Gasteiger partial charge in [-0.2, -0.15) is 0 Å². The number of aryl methyl sites for hydroxylation is 2. The predicted molar refractivity (Wildman–Crippen MR) is 107 cm³/mol. The lowest BCUT2D eigenvalue weighted by Crippen LogP contribution is -2.01. The highest BCUT2D eigenvalue weighted by Crippen LogP contribution is 2.37. The first kappa shape index (κ1) is 17.0. The zero-order valence-electron chi connectivity index (χ0n) is 14.5. The van der Waals surface area contributed by atoms with Crippen molar-refractivity contribution in [3.8, 4) is 21.8 Å². The molecule has 0 radical (unpaired) electrons. The van der Waals surface area contributed by atoms with Gasteiger partial charge < -0.3 is 5.11 Å². The number of hydrogen-bond acceptors (Lipinski definition) is 4. The van der Waals surface area contributed by atoms with Crippen molar-refractivity contribution in [1.82, 2.24) is 9.38 Å². The summed E-state index contributed by atoms with van der Waals surface area (Å²) in [5.74, 6) is -0.822. The maximum absolute atomic E-state index is 11.4. The fourth-order valence-electron chi connectivity index (χ4n) is 3.18. The van der Waals surface area contributed by atoms with Crippen LogP contribution in [0.1, 0.15) is 23.1 Å². The van der Waals surface area contributed by atoms with Gasteiger partial charge in [-0.05, 0) is 35.9 Å². The molecule has 0 fully saturated rings. The quantitative estimate of drug-likeness (QED) is 0.510. The van der Waals surface area contributed by atoms with Crippen molar-refractivity contribution in [2.24, 2.45) is 0 Å². The number of thiophene rings is 1. The van der Waals surface area contributed by atoms with E-state index >= 15 is 0 Å². The highest BCUT2D eigenvalue weighted by atomic mass is 32.1. The monoisotopic (exact) mass is 382 g/mol. The first-order valence-electron chi connectivity index (χ1n) is 8.44. The number of carbonyl (C=O) groups is 1. The van der Waals surface area contributed by atoms with Gasteiger partial charge in [-0.1, -0.05) is 37.3 Å². The molecule has 26 heavy (non-hydrogen) atoms. The SMILES string of the molecule is CCc1ccc(-c2c(CC(=O)O)sc3nc(-c4cccs4)c(C)n23)cc1. The summed E-state index contributed by atoms with van der Waals surface area (Å²) in [5, 5.41) is 11.4. The van der Waals surface area contributed by atoms with Crippen molar-refractivity contribution in [3.05, 3.63) is 57.9 Å². The number of thiazole rings is 1. The Kier molecular flexibility index (Phi) is 4.38. The number of carboxylic acids is 1. The largest absolute Gasteiger partial charge is 0.481 e. The summed E-state index contributed by atoms with van der Waals surface area (Å²) < 4.78 is 2.11. The molecule has 4 nitrogen and oxygen atoms in total. The fourth-order valence-corrected chi connectivity index (χ4v) is 5.13.